The van der Waals surface area contributed by atoms with E-state index >= 15 is 0 Å². The molecule has 0 fully saturated rings. The predicted octanol–water partition coefficient (Wildman–Crippen LogP) is 3.95. The Bertz CT molecular complexity index is 817. The van der Waals surface area contributed by atoms with Crippen LogP contribution in [0.3, 0.4) is 0 Å². The quantitative estimate of drug-likeness (QED) is 0.860. The molecular formula is C16H17F3N2O3S. The number of carbonyl (C=O) groups excluding carboxylic acids is 1. The number of pyridine rings is 1. The van der Waals surface area contributed by atoms with Gasteiger partial charge in [0.25, 0.3) is 5.91 Å². The highest BCUT2D eigenvalue weighted by Gasteiger charge is 2.33. The molecule has 1 atom stereocenters. The summed E-state index contributed by atoms with van der Waals surface area (Å²) in [5.41, 5.74) is -0.519. The van der Waals surface area contributed by atoms with Crippen LogP contribution in [0.4, 0.5) is 13.2 Å². The molecule has 0 aromatic carbocycles. The van der Waals surface area contributed by atoms with Crippen molar-refractivity contribution in [2.45, 2.75) is 39.4 Å². The van der Waals surface area contributed by atoms with E-state index in [1.54, 1.807) is 13.8 Å². The Labute approximate surface area is 146 Å². The van der Waals surface area contributed by atoms with Crippen LogP contribution in [0.25, 0.3) is 10.2 Å². The zero-order chi connectivity index (χ0) is 18.9. The molecule has 1 unspecified atom stereocenters. The van der Waals surface area contributed by atoms with Crippen LogP contribution in [-0.2, 0) is 11.0 Å². The van der Waals surface area contributed by atoms with E-state index in [0.717, 1.165) is 17.4 Å². The summed E-state index contributed by atoms with van der Waals surface area (Å²) in [6.07, 6.45) is -4.01. The number of carboxylic acid groups (broad SMARTS) is 1. The largest absolute Gasteiger partial charge is 0.480 e. The number of aromatic nitrogens is 1. The van der Waals surface area contributed by atoms with Gasteiger partial charge >= 0.3 is 12.1 Å². The summed E-state index contributed by atoms with van der Waals surface area (Å²) in [4.78, 5) is 29.0. The molecule has 0 saturated heterocycles. The van der Waals surface area contributed by atoms with E-state index in [1.165, 1.54) is 11.0 Å². The second-order valence-corrected chi connectivity index (χ2v) is 6.69. The van der Waals surface area contributed by atoms with Gasteiger partial charge in [0.05, 0.1) is 4.88 Å². The molecular weight excluding hydrogens is 357 g/mol. The van der Waals surface area contributed by atoms with E-state index in [4.69, 9.17) is 5.11 Å². The van der Waals surface area contributed by atoms with Gasteiger partial charge in [-0.2, -0.15) is 13.2 Å². The second kappa shape index (κ2) is 6.99. The molecule has 2 aromatic rings. The van der Waals surface area contributed by atoms with Crippen molar-refractivity contribution in [1.29, 1.82) is 0 Å². The van der Waals surface area contributed by atoms with Crippen molar-refractivity contribution in [3.8, 4) is 0 Å². The zero-order valence-electron chi connectivity index (χ0n) is 13.8. The number of aryl methyl sites for hydroxylation is 1. The van der Waals surface area contributed by atoms with E-state index < -0.39 is 30.3 Å². The van der Waals surface area contributed by atoms with Gasteiger partial charge in [-0.1, -0.05) is 6.92 Å². The van der Waals surface area contributed by atoms with Gasteiger partial charge in [0, 0.05) is 11.4 Å². The van der Waals surface area contributed by atoms with Crippen LogP contribution >= 0.6 is 11.3 Å². The number of hydrogen-bond donors (Lipinski definition) is 1. The van der Waals surface area contributed by atoms with Crippen molar-refractivity contribution >= 4 is 33.4 Å². The first-order valence-corrected chi connectivity index (χ1v) is 8.38. The van der Waals surface area contributed by atoms with Crippen molar-refractivity contribution in [3.05, 3.63) is 28.3 Å². The number of thiophene rings is 1. The molecule has 0 aliphatic rings. The van der Waals surface area contributed by atoms with Crippen LogP contribution in [0, 0.1) is 6.92 Å². The van der Waals surface area contributed by atoms with Gasteiger partial charge in [0.15, 0.2) is 0 Å². The van der Waals surface area contributed by atoms with Crippen molar-refractivity contribution in [2.75, 3.05) is 6.54 Å². The molecule has 2 rings (SSSR count). The van der Waals surface area contributed by atoms with Crippen LogP contribution in [0.15, 0.2) is 12.1 Å². The highest BCUT2D eigenvalue weighted by Crippen LogP contribution is 2.35. The number of aliphatic carboxylic acids is 1. The Hall–Kier alpha value is -2.16. The smallest absolute Gasteiger partial charge is 0.433 e. The number of halogens is 3. The average Bonchev–Trinajstić information content (AvgIpc) is 2.86. The zero-order valence-corrected chi connectivity index (χ0v) is 14.7. The maximum atomic E-state index is 12.8. The van der Waals surface area contributed by atoms with E-state index in [9.17, 15) is 22.8 Å². The topological polar surface area (TPSA) is 70.5 Å². The molecule has 1 N–H and O–H groups in total. The Morgan fingerprint density at radius 2 is 2.00 bits per heavy atom. The van der Waals surface area contributed by atoms with Crippen LogP contribution in [0.2, 0.25) is 0 Å². The molecule has 5 nitrogen and oxygen atoms in total. The molecule has 0 radical (unpaired) electrons. The molecule has 25 heavy (non-hydrogen) atoms. The van der Waals surface area contributed by atoms with Crippen molar-refractivity contribution in [2.24, 2.45) is 0 Å². The number of carboxylic acids is 1. The predicted molar refractivity (Wildman–Crippen MR) is 87.8 cm³/mol. The first-order chi connectivity index (χ1) is 11.6. The van der Waals surface area contributed by atoms with E-state index in [2.05, 4.69) is 4.98 Å². The van der Waals surface area contributed by atoms with Crippen LogP contribution < -0.4 is 0 Å². The van der Waals surface area contributed by atoms with E-state index in [0.29, 0.717) is 17.4 Å². The minimum Gasteiger partial charge on any atom is -0.480 e. The Balaban J connectivity index is 2.50. The lowest BCUT2D eigenvalue weighted by Crippen LogP contribution is -2.41. The number of carbonyl (C=O) groups is 2. The van der Waals surface area contributed by atoms with Crippen LogP contribution in [-0.4, -0.2) is 39.5 Å². The fraction of sp³-hybridized carbons (Fsp3) is 0.438. The number of hydrogen-bond acceptors (Lipinski definition) is 4. The molecule has 1 amide bonds. The molecule has 0 saturated carbocycles. The molecule has 0 aliphatic carbocycles. The summed E-state index contributed by atoms with van der Waals surface area (Å²) < 4.78 is 38.4. The Morgan fingerprint density at radius 3 is 2.52 bits per heavy atom. The Morgan fingerprint density at radius 1 is 1.36 bits per heavy atom. The third kappa shape index (κ3) is 3.92. The first-order valence-electron chi connectivity index (χ1n) is 7.56. The van der Waals surface area contributed by atoms with Gasteiger partial charge in [0.1, 0.15) is 17.1 Å². The average molecular weight is 374 g/mol. The molecule has 0 aliphatic heterocycles. The lowest BCUT2D eigenvalue weighted by Gasteiger charge is -2.26. The Kier molecular flexibility index (Phi) is 5.36. The summed E-state index contributed by atoms with van der Waals surface area (Å²) in [6, 6.07) is 1.85. The highest BCUT2D eigenvalue weighted by atomic mass is 32.1. The molecule has 0 spiro atoms. The number of alkyl halides is 3. The monoisotopic (exact) mass is 374 g/mol. The third-order valence-corrected chi connectivity index (χ3v) is 5.17. The number of fused-ring (bicyclic) bond motifs is 1. The molecule has 2 heterocycles. The summed E-state index contributed by atoms with van der Waals surface area (Å²) in [6.45, 7) is 4.70. The van der Waals surface area contributed by atoms with Gasteiger partial charge < -0.3 is 10.0 Å². The van der Waals surface area contributed by atoms with Crippen LogP contribution in [0.5, 0.6) is 0 Å². The SMILES string of the molecule is CCC(C)N(CC(=O)O)C(=O)c1sc2nc(C(F)(F)F)ccc2c1C. The molecule has 2 aromatic heterocycles. The van der Waals surface area contributed by atoms with Crippen molar-refractivity contribution in [3.63, 3.8) is 0 Å². The maximum absolute atomic E-state index is 12.8. The minimum atomic E-state index is -4.57. The third-order valence-electron chi connectivity index (χ3n) is 3.98. The lowest BCUT2D eigenvalue weighted by molar-refractivity contribution is -0.141. The standard InChI is InChI=1S/C16H17F3N2O3S/c1-4-8(2)21(7-12(22)23)15(24)13-9(3)10-5-6-11(16(17,18)19)20-14(10)25-13/h5-6,8H,4,7H2,1-3H3,(H,22,23). The number of amides is 1. The lowest BCUT2D eigenvalue weighted by atomic mass is 10.1. The summed E-state index contributed by atoms with van der Waals surface area (Å²) in [7, 11) is 0. The maximum Gasteiger partial charge on any atom is 0.433 e. The minimum absolute atomic E-state index is 0.107. The van der Waals surface area contributed by atoms with Gasteiger partial charge in [-0.25, -0.2) is 4.98 Å². The van der Waals surface area contributed by atoms with Gasteiger partial charge in [-0.3, -0.25) is 9.59 Å². The van der Waals surface area contributed by atoms with Gasteiger partial charge in [0.2, 0.25) is 0 Å². The second-order valence-electron chi connectivity index (χ2n) is 5.69. The molecule has 136 valence electrons. The summed E-state index contributed by atoms with van der Waals surface area (Å²) >= 11 is 0.850. The fourth-order valence-electron chi connectivity index (χ4n) is 2.39. The van der Waals surface area contributed by atoms with Crippen LogP contribution in [0.1, 0.15) is 41.2 Å². The molecule has 0 bridgehead atoms. The van der Waals surface area contributed by atoms with E-state index in [-0.39, 0.29) is 15.7 Å². The summed E-state index contributed by atoms with van der Waals surface area (Å²) in [5, 5.41) is 9.49. The normalized spacial score (nSPS) is 13.0. The fourth-order valence-corrected chi connectivity index (χ4v) is 3.52. The number of rotatable bonds is 5. The molecule has 9 heteroatoms. The van der Waals surface area contributed by atoms with Crippen molar-refractivity contribution in [1.82, 2.24) is 9.88 Å². The first kappa shape index (κ1) is 19.2. The highest BCUT2D eigenvalue weighted by molar-refractivity contribution is 7.20. The van der Waals surface area contributed by atoms with Gasteiger partial charge in [-0.05, 0) is 38.0 Å². The van der Waals surface area contributed by atoms with Crippen molar-refractivity contribution < 1.29 is 27.9 Å². The van der Waals surface area contributed by atoms with E-state index in [1.807, 2.05) is 6.92 Å². The van der Waals surface area contributed by atoms with Gasteiger partial charge in [-0.15, -0.1) is 11.3 Å². The number of nitrogens with zero attached hydrogens (tertiary/aromatic N) is 2. The summed E-state index contributed by atoms with van der Waals surface area (Å²) in [5.74, 6) is -1.66.